The molecular weight excluding hydrogens is 345 g/mol. The molecule has 0 atom stereocenters. The minimum Gasteiger partial charge on any atom is -1.00 e. The van der Waals surface area contributed by atoms with Crippen LogP contribution < -0.4 is 28.5 Å². The SMILES string of the molecule is C[n+]1ccc(/C=C/c2ccc(Cl)cc2)cc1.[I-]. The maximum Gasteiger partial charge on any atom is 0.169 e. The molecule has 0 aliphatic heterocycles. The third-order valence-electron chi connectivity index (χ3n) is 2.34. The van der Waals surface area contributed by atoms with E-state index < -0.39 is 0 Å². The van der Waals surface area contributed by atoms with Crippen LogP contribution in [-0.4, -0.2) is 0 Å². The molecule has 1 aromatic heterocycles. The maximum absolute atomic E-state index is 5.82. The van der Waals surface area contributed by atoms with E-state index in [1.54, 1.807) is 0 Å². The number of pyridine rings is 1. The Balaban J connectivity index is 0.00000144. The van der Waals surface area contributed by atoms with E-state index in [4.69, 9.17) is 11.6 Å². The highest BCUT2D eigenvalue weighted by Gasteiger charge is 1.92. The van der Waals surface area contributed by atoms with Crippen molar-refractivity contribution in [2.45, 2.75) is 0 Å². The first-order valence-corrected chi connectivity index (χ1v) is 5.51. The molecule has 0 aliphatic carbocycles. The molecule has 0 fully saturated rings. The second-order valence-corrected chi connectivity index (χ2v) is 4.12. The Kier molecular flexibility index (Phi) is 5.65. The van der Waals surface area contributed by atoms with Crippen LogP contribution in [-0.2, 0) is 7.05 Å². The van der Waals surface area contributed by atoms with Gasteiger partial charge in [0.15, 0.2) is 12.4 Å². The van der Waals surface area contributed by atoms with Crippen molar-refractivity contribution in [2.75, 3.05) is 0 Å². The molecule has 2 aromatic rings. The van der Waals surface area contributed by atoms with E-state index in [0.29, 0.717) is 0 Å². The molecule has 0 spiro atoms. The summed E-state index contributed by atoms with van der Waals surface area (Å²) >= 11 is 5.82. The van der Waals surface area contributed by atoms with Crippen molar-refractivity contribution in [3.05, 3.63) is 64.9 Å². The van der Waals surface area contributed by atoms with E-state index in [1.807, 2.05) is 48.3 Å². The van der Waals surface area contributed by atoms with Gasteiger partial charge in [0.25, 0.3) is 0 Å². The Bertz CT molecular complexity index is 441. The first-order valence-electron chi connectivity index (χ1n) is 5.13. The predicted octanol–water partition coefficient (Wildman–Crippen LogP) is 0.339. The molecule has 88 valence electrons. The van der Waals surface area contributed by atoms with E-state index in [1.165, 1.54) is 5.56 Å². The third-order valence-corrected chi connectivity index (χ3v) is 2.59. The molecule has 1 aromatic carbocycles. The van der Waals surface area contributed by atoms with Crippen LogP contribution in [0.1, 0.15) is 11.1 Å². The number of hydrogen-bond donors (Lipinski definition) is 0. The lowest BCUT2D eigenvalue weighted by atomic mass is 10.1. The summed E-state index contributed by atoms with van der Waals surface area (Å²) in [5.74, 6) is 0. The molecule has 0 bridgehead atoms. The van der Waals surface area contributed by atoms with Crippen LogP contribution in [0.2, 0.25) is 5.02 Å². The Morgan fingerprint density at radius 2 is 1.35 bits per heavy atom. The lowest BCUT2D eigenvalue weighted by molar-refractivity contribution is -0.671. The van der Waals surface area contributed by atoms with E-state index in [2.05, 4.69) is 24.3 Å². The summed E-state index contributed by atoms with van der Waals surface area (Å²) in [6.07, 6.45) is 8.22. The van der Waals surface area contributed by atoms with E-state index >= 15 is 0 Å². The molecule has 0 aliphatic rings. The first-order chi connectivity index (χ1) is 7.74. The fourth-order valence-electron chi connectivity index (χ4n) is 1.39. The second-order valence-electron chi connectivity index (χ2n) is 3.68. The average molecular weight is 358 g/mol. The molecule has 0 N–H and O–H groups in total. The minimum atomic E-state index is 0. The molecule has 2 rings (SSSR count). The summed E-state index contributed by atoms with van der Waals surface area (Å²) in [6.45, 7) is 0. The number of rotatable bonds is 2. The molecule has 1 nitrogen and oxygen atoms in total. The van der Waals surface area contributed by atoms with Gasteiger partial charge in [-0.1, -0.05) is 35.9 Å². The van der Waals surface area contributed by atoms with E-state index in [-0.39, 0.29) is 24.0 Å². The third kappa shape index (κ3) is 4.48. The van der Waals surface area contributed by atoms with Crippen LogP contribution in [0.3, 0.4) is 0 Å². The van der Waals surface area contributed by atoms with E-state index in [0.717, 1.165) is 10.6 Å². The zero-order chi connectivity index (χ0) is 11.4. The lowest BCUT2D eigenvalue weighted by Gasteiger charge is -1.94. The molecule has 0 unspecified atom stereocenters. The standard InChI is InChI=1S/C14H13ClN.HI/c1-16-10-8-13(9-11-16)3-2-12-4-6-14(15)7-5-12;/h2-11H,1H3;1H/q+1;/p-1/b3-2+;. The van der Waals surface area contributed by atoms with Gasteiger partial charge in [-0.15, -0.1) is 0 Å². The van der Waals surface area contributed by atoms with Crippen molar-refractivity contribution in [3.8, 4) is 0 Å². The Morgan fingerprint density at radius 3 is 1.88 bits per heavy atom. The molecule has 0 saturated carbocycles. The quantitative estimate of drug-likeness (QED) is 0.539. The zero-order valence-corrected chi connectivity index (χ0v) is 12.4. The van der Waals surface area contributed by atoms with Crippen LogP contribution in [0.25, 0.3) is 12.2 Å². The topological polar surface area (TPSA) is 3.88 Å². The van der Waals surface area contributed by atoms with Gasteiger partial charge >= 0.3 is 0 Å². The summed E-state index contributed by atoms with van der Waals surface area (Å²) in [5, 5.41) is 0.767. The molecule has 0 radical (unpaired) electrons. The summed E-state index contributed by atoms with van der Waals surface area (Å²) in [7, 11) is 2.01. The Hall–Kier alpha value is -0.870. The number of hydrogen-bond acceptors (Lipinski definition) is 0. The largest absolute Gasteiger partial charge is 1.00 e. The van der Waals surface area contributed by atoms with Gasteiger partial charge in [0.2, 0.25) is 0 Å². The van der Waals surface area contributed by atoms with E-state index in [9.17, 15) is 0 Å². The van der Waals surface area contributed by atoms with Crippen molar-refractivity contribution in [2.24, 2.45) is 7.05 Å². The molecule has 0 amide bonds. The summed E-state index contributed by atoms with van der Waals surface area (Å²) in [4.78, 5) is 0. The van der Waals surface area contributed by atoms with Gasteiger partial charge in [0.1, 0.15) is 7.05 Å². The molecular formula is C14H13ClIN. The van der Waals surface area contributed by atoms with Crippen molar-refractivity contribution in [3.63, 3.8) is 0 Å². The lowest BCUT2D eigenvalue weighted by Crippen LogP contribution is -3.00. The van der Waals surface area contributed by atoms with Crippen molar-refractivity contribution in [1.82, 2.24) is 0 Å². The van der Waals surface area contributed by atoms with Crippen LogP contribution in [0, 0.1) is 0 Å². The maximum atomic E-state index is 5.82. The highest BCUT2D eigenvalue weighted by atomic mass is 127. The van der Waals surface area contributed by atoms with Crippen LogP contribution >= 0.6 is 11.6 Å². The zero-order valence-electron chi connectivity index (χ0n) is 9.48. The summed E-state index contributed by atoms with van der Waals surface area (Å²) < 4.78 is 2.01. The molecule has 3 heteroatoms. The van der Waals surface area contributed by atoms with Gasteiger partial charge < -0.3 is 24.0 Å². The predicted molar refractivity (Wildman–Crippen MR) is 68.0 cm³/mol. The van der Waals surface area contributed by atoms with Crippen molar-refractivity contribution in [1.29, 1.82) is 0 Å². The number of aromatic nitrogens is 1. The van der Waals surface area contributed by atoms with Gasteiger partial charge in [0, 0.05) is 17.2 Å². The normalized spacial score (nSPS) is 10.2. The Labute approximate surface area is 124 Å². The molecule has 0 saturated heterocycles. The number of halogens is 2. The highest BCUT2D eigenvalue weighted by Crippen LogP contribution is 2.12. The van der Waals surface area contributed by atoms with Gasteiger partial charge in [-0.3, -0.25) is 0 Å². The van der Waals surface area contributed by atoms with Crippen LogP contribution in [0.4, 0.5) is 0 Å². The van der Waals surface area contributed by atoms with Crippen molar-refractivity contribution < 1.29 is 28.5 Å². The average Bonchev–Trinajstić information content (AvgIpc) is 2.30. The monoisotopic (exact) mass is 357 g/mol. The fraction of sp³-hybridized carbons (Fsp3) is 0.0714. The smallest absolute Gasteiger partial charge is 0.169 e. The van der Waals surface area contributed by atoms with Crippen LogP contribution in [0.15, 0.2) is 48.8 Å². The van der Waals surface area contributed by atoms with Gasteiger partial charge in [-0.25, -0.2) is 4.57 Å². The van der Waals surface area contributed by atoms with Gasteiger partial charge in [-0.2, -0.15) is 0 Å². The fourth-order valence-corrected chi connectivity index (χ4v) is 1.52. The minimum absolute atomic E-state index is 0. The highest BCUT2D eigenvalue weighted by molar-refractivity contribution is 6.30. The number of nitrogens with zero attached hydrogens (tertiary/aromatic N) is 1. The number of benzene rings is 1. The Morgan fingerprint density at radius 1 is 0.882 bits per heavy atom. The second kappa shape index (κ2) is 6.77. The first kappa shape index (κ1) is 14.2. The molecule has 17 heavy (non-hydrogen) atoms. The summed E-state index contributed by atoms with van der Waals surface area (Å²) in [5.41, 5.74) is 2.34. The summed E-state index contributed by atoms with van der Waals surface area (Å²) in [6, 6.07) is 11.9. The molecule has 1 heterocycles. The van der Waals surface area contributed by atoms with Gasteiger partial charge in [0.05, 0.1) is 0 Å². The van der Waals surface area contributed by atoms with Crippen LogP contribution in [0.5, 0.6) is 0 Å². The van der Waals surface area contributed by atoms with Crippen molar-refractivity contribution >= 4 is 23.8 Å². The number of aryl methyl sites for hydroxylation is 1. The van der Waals surface area contributed by atoms with Gasteiger partial charge in [-0.05, 0) is 23.3 Å².